The van der Waals surface area contributed by atoms with Crippen molar-refractivity contribution in [1.82, 2.24) is 14.7 Å². The summed E-state index contributed by atoms with van der Waals surface area (Å²) >= 11 is 1.80. The summed E-state index contributed by atoms with van der Waals surface area (Å²) in [6.45, 7) is 3.28. The summed E-state index contributed by atoms with van der Waals surface area (Å²) in [4.78, 5) is 33.9. The normalized spacial score (nSPS) is 18.0. The van der Waals surface area contributed by atoms with E-state index in [1.54, 1.807) is 48.7 Å². The first-order valence-electron chi connectivity index (χ1n) is 12.2. The third kappa shape index (κ3) is 4.96. The highest BCUT2D eigenvalue weighted by atomic mass is 32.1. The molecule has 5 rings (SSSR count). The molecule has 1 aromatic heterocycles. The smallest absolute Gasteiger partial charge is 0.254 e. The highest BCUT2D eigenvalue weighted by Gasteiger charge is 2.33. The Labute approximate surface area is 215 Å². The van der Waals surface area contributed by atoms with E-state index in [1.165, 1.54) is 16.0 Å². The fraction of sp³-hybridized carbons (Fsp3) is 0.357. The molecule has 3 heterocycles. The first kappa shape index (κ1) is 24.3. The average Bonchev–Trinajstić information content (AvgIpc) is 3.41. The summed E-state index contributed by atoms with van der Waals surface area (Å²) in [6.07, 6.45) is 0.968. The Morgan fingerprint density at radius 2 is 1.56 bits per heavy atom. The Hall–Kier alpha value is -3.36. The van der Waals surface area contributed by atoms with E-state index >= 15 is 0 Å². The number of methoxy groups -OCH3 is 2. The summed E-state index contributed by atoms with van der Waals surface area (Å²) in [5.41, 5.74) is 3.06. The molecule has 1 atom stereocenters. The van der Waals surface area contributed by atoms with Crippen LogP contribution >= 0.6 is 11.3 Å². The van der Waals surface area contributed by atoms with Gasteiger partial charge >= 0.3 is 0 Å². The van der Waals surface area contributed by atoms with Gasteiger partial charge in [-0.05, 0) is 41.1 Å². The molecule has 2 aliphatic heterocycles. The summed E-state index contributed by atoms with van der Waals surface area (Å²) in [5.74, 6) is 1.19. The van der Waals surface area contributed by atoms with Crippen LogP contribution in [0.2, 0.25) is 0 Å². The maximum Gasteiger partial charge on any atom is 0.254 e. The Morgan fingerprint density at radius 1 is 0.889 bits per heavy atom. The monoisotopic (exact) mass is 505 g/mol. The molecule has 2 aliphatic rings. The van der Waals surface area contributed by atoms with E-state index < -0.39 is 0 Å². The summed E-state index contributed by atoms with van der Waals surface area (Å²) in [6, 6.07) is 17.9. The lowest BCUT2D eigenvalue weighted by molar-refractivity contribution is -0.134. The van der Waals surface area contributed by atoms with E-state index in [4.69, 9.17) is 9.47 Å². The molecule has 2 amide bonds. The van der Waals surface area contributed by atoms with Crippen molar-refractivity contribution in [1.29, 1.82) is 0 Å². The molecular weight excluding hydrogens is 474 g/mol. The summed E-state index contributed by atoms with van der Waals surface area (Å²) in [7, 11) is 3.13. The van der Waals surface area contributed by atoms with E-state index in [9.17, 15) is 9.59 Å². The van der Waals surface area contributed by atoms with Gasteiger partial charge in [0.1, 0.15) is 11.5 Å². The average molecular weight is 506 g/mol. The second kappa shape index (κ2) is 10.7. The minimum atomic E-state index is -0.0792. The number of thiophene rings is 1. The van der Waals surface area contributed by atoms with Gasteiger partial charge in [0.25, 0.3) is 5.91 Å². The van der Waals surface area contributed by atoms with E-state index in [-0.39, 0.29) is 17.9 Å². The van der Waals surface area contributed by atoms with Crippen LogP contribution in [0.5, 0.6) is 11.5 Å². The molecule has 0 N–H and O–H groups in total. The number of piperazine rings is 1. The van der Waals surface area contributed by atoms with E-state index in [2.05, 4.69) is 40.6 Å². The molecule has 0 radical (unpaired) electrons. The van der Waals surface area contributed by atoms with Gasteiger partial charge < -0.3 is 19.3 Å². The lowest BCUT2D eigenvalue weighted by Crippen LogP contribution is -2.53. The number of carbonyl (C=O) groups excluding carboxylic acids is 2. The quantitative estimate of drug-likeness (QED) is 0.511. The number of hydrogen-bond acceptors (Lipinski definition) is 6. The van der Waals surface area contributed by atoms with Crippen LogP contribution in [0.4, 0.5) is 0 Å². The van der Waals surface area contributed by atoms with Gasteiger partial charge in [-0.15, -0.1) is 11.3 Å². The van der Waals surface area contributed by atoms with Gasteiger partial charge in [-0.25, -0.2) is 0 Å². The van der Waals surface area contributed by atoms with Crippen molar-refractivity contribution in [2.45, 2.75) is 12.5 Å². The number of rotatable bonds is 6. The van der Waals surface area contributed by atoms with Crippen LogP contribution in [0.1, 0.15) is 32.4 Å². The van der Waals surface area contributed by atoms with Crippen molar-refractivity contribution in [3.05, 3.63) is 81.5 Å². The van der Waals surface area contributed by atoms with Crippen molar-refractivity contribution < 1.29 is 19.1 Å². The number of nitrogens with zero attached hydrogens (tertiary/aromatic N) is 3. The predicted molar refractivity (Wildman–Crippen MR) is 140 cm³/mol. The van der Waals surface area contributed by atoms with Crippen molar-refractivity contribution in [3.8, 4) is 11.5 Å². The zero-order chi connectivity index (χ0) is 25.1. The zero-order valence-electron chi connectivity index (χ0n) is 20.7. The van der Waals surface area contributed by atoms with E-state index in [0.717, 1.165) is 13.0 Å². The van der Waals surface area contributed by atoms with Crippen LogP contribution in [0, 0.1) is 0 Å². The largest absolute Gasteiger partial charge is 0.497 e. The van der Waals surface area contributed by atoms with Crippen LogP contribution in [-0.2, 0) is 11.2 Å². The summed E-state index contributed by atoms with van der Waals surface area (Å²) < 4.78 is 10.6. The minimum absolute atomic E-state index is 0.0792. The van der Waals surface area contributed by atoms with Crippen molar-refractivity contribution in [2.24, 2.45) is 0 Å². The Balaban J connectivity index is 1.23. The van der Waals surface area contributed by atoms with Crippen molar-refractivity contribution in [3.63, 3.8) is 0 Å². The van der Waals surface area contributed by atoms with Crippen LogP contribution in [0.25, 0.3) is 0 Å². The molecular formula is C28H31N3O4S. The second-order valence-electron chi connectivity index (χ2n) is 9.11. The lowest BCUT2D eigenvalue weighted by atomic mass is 9.93. The summed E-state index contributed by atoms with van der Waals surface area (Å²) in [5, 5.41) is 2.15. The number of fused-ring (bicyclic) bond motifs is 1. The fourth-order valence-corrected chi connectivity index (χ4v) is 6.01. The highest BCUT2D eigenvalue weighted by molar-refractivity contribution is 7.10. The molecule has 36 heavy (non-hydrogen) atoms. The molecule has 2 aromatic carbocycles. The van der Waals surface area contributed by atoms with Gasteiger partial charge in [-0.3, -0.25) is 14.5 Å². The van der Waals surface area contributed by atoms with Crippen LogP contribution in [0.3, 0.4) is 0 Å². The van der Waals surface area contributed by atoms with Gasteiger partial charge in [-0.2, -0.15) is 0 Å². The zero-order valence-corrected chi connectivity index (χ0v) is 21.5. The van der Waals surface area contributed by atoms with E-state index in [0.29, 0.717) is 49.8 Å². The maximum absolute atomic E-state index is 13.4. The van der Waals surface area contributed by atoms with Gasteiger partial charge in [0.15, 0.2) is 0 Å². The second-order valence-corrected chi connectivity index (χ2v) is 10.1. The molecule has 8 heteroatoms. The van der Waals surface area contributed by atoms with Gasteiger partial charge in [-0.1, -0.05) is 30.3 Å². The van der Waals surface area contributed by atoms with Crippen molar-refractivity contribution in [2.75, 3.05) is 53.5 Å². The number of benzene rings is 2. The van der Waals surface area contributed by atoms with Gasteiger partial charge in [0, 0.05) is 49.2 Å². The third-order valence-corrected chi connectivity index (χ3v) is 8.03. The fourth-order valence-electron chi connectivity index (χ4n) is 5.11. The molecule has 0 bridgehead atoms. The molecule has 0 spiro atoms. The van der Waals surface area contributed by atoms with E-state index in [1.807, 2.05) is 11.0 Å². The minimum Gasteiger partial charge on any atom is -0.497 e. The third-order valence-electron chi connectivity index (χ3n) is 7.04. The molecule has 0 aliphatic carbocycles. The maximum atomic E-state index is 13.4. The molecule has 188 valence electrons. The molecule has 7 nitrogen and oxygen atoms in total. The SMILES string of the molecule is COc1cc(OC)cc(C(=O)N2CCN(C(=O)CN3CCc4sccc4C3c3ccccc3)CC2)c1. The molecule has 0 saturated carbocycles. The Morgan fingerprint density at radius 3 is 2.22 bits per heavy atom. The first-order valence-corrected chi connectivity index (χ1v) is 13.1. The topological polar surface area (TPSA) is 62.3 Å². The van der Waals surface area contributed by atoms with Crippen LogP contribution < -0.4 is 9.47 Å². The number of carbonyl (C=O) groups is 2. The lowest BCUT2D eigenvalue weighted by Gasteiger charge is -2.39. The number of amides is 2. The molecule has 1 fully saturated rings. The van der Waals surface area contributed by atoms with Crippen LogP contribution in [-0.4, -0.2) is 80.0 Å². The van der Waals surface area contributed by atoms with Crippen LogP contribution in [0.15, 0.2) is 60.0 Å². The van der Waals surface area contributed by atoms with Gasteiger partial charge in [0.2, 0.25) is 5.91 Å². The predicted octanol–water partition coefficient (Wildman–Crippen LogP) is 3.70. The Bertz CT molecular complexity index is 1200. The number of hydrogen-bond donors (Lipinski definition) is 0. The van der Waals surface area contributed by atoms with Gasteiger partial charge in [0.05, 0.1) is 26.8 Å². The first-order chi connectivity index (χ1) is 17.6. The molecule has 3 aromatic rings. The van der Waals surface area contributed by atoms with Crippen molar-refractivity contribution >= 4 is 23.2 Å². The molecule has 1 saturated heterocycles. The highest BCUT2D eigenvalue weighted by Crippen LogP contribution is 2.37. The standard InChI is InChI=1S/C28H31N3O4S/c1-34-22-16-21(17-23(18-22)35-2)28(33)30-13-11-29(12-14-30)26(32)19-31-10-8-25-24(9-15-36-25)27(31)20-6-4-3-5-7-20/h3-7,9,15-18,27H,8,10-14,19H2,1-2H3. The Kier molecular flexibility index (Phi) is 7.25. The number of ether oxygens (including phenoxy) is 2. The molecule has 1 unspecified atom stereocenters.